The van der Waals surface area contributed by atoms with Gasteiger partial charge in [0.25, 0.3) is 0 Å². The van der Waals surface area contributed by atoms with Crippen LogP contribution in [0.4, 0.5) is 5.82 Å². The summed E-state index contributed by atoms with van der Waals surface area (Å²) in [7, 11) is 2.08. The Hall–Kier alpha value is -1.91. The number of amides is 1. The molecule has 1 aliphatic heterocycles. The van der Waals surface area contributed by atoms with E-state index in [4.69, 9.17) is 0 Å². The molecule has 0 bridgehead atoms. The summed E-state index contributed by atoms with van der Waals surface area (Å²) in [4.78, 5) is 24.8. The molecule has 3 rings (SSSR count). The van der Waals surface area contributed by atoms with Crippen LogP contribution >= 0.6 is 0 Å². The van der Waals surface area contributed by atoms with Crippen LogP contribution in [-0.2, 0) is 4.79 Å². The fraction of sp³-hybridized carbons (Fsp3) is 0.562. The number of anilines is 1. The summed E-state index contributed by atoms with van der Waals surface area (Å²) in [6, 6.07) is 0.439. The van der Waals surface area contributed by atoms with Gasteiger partial charge in [-0.2, -0.15) is 0 Å². The van der Waals surface area contributed by atoms with E-state index in [1.165, 1.54) is 6.42 Å². The molecular formula is C16H22N4O. The van der Waals surface area contributed by atoms with Crippen molar-refractivity contribution in [2.75, 3.05) is 25.0 Å². The normalized spacial score (nSPS) is 27.5. The van der Waals surface area contributed by atoms with E-state index >= 15 is 0 Å². The molecular weight excluding hydrogens is 264 g/mol. The Kier molecular flexibility index (Phi) is 3.66. The van der Waals surface area contributed by atoms with E-state index in [1.807, 2.05) is 4.90 Å². The molecule has 112 valence electrons. The Bertz CT molecular complexity index is 544. The van der Waals surface area contributed by atoms with Crippen LogP contribution in [0, 0.1) is 11.8 Å². The zero-order chi connectivity index (χ0) is 15.0. The molecule has 1 saturated heterocycles. The first-order chi connectivity index (χ1) is 10.1. The van der Waals surface area contributed by atoms with Crippen molar-refractivity contribution >= 4 is 11.7 Å². The highest BCUT2D eigenvalue weighted by Gasteiger charge is 2.45. The predicted molar refractivity (Wildman–Crippen MR) is 81.8 cm³/mol. The Labute approximate surface area is 125 Å². The van der Waals surface area contributed by atoms with Gasteiger partial charge in [-0.3, -0.25) is 9.78 Å². The summed E-state index contributed by atoms with van der Waals surface area (Å²) in [5.74, 6) is 2.15. The van der Waals surface area contributed by atoms with Crippen molar-refractivity contribution in [1.82, 2.24) is 14.9 Å². The molecule has 2 fully saturated rings. The van der Waals surface area contributed by atoms with Gasteiger partial charge in [0.2, 0.25) is 5.91 Å². The number of aromatic nitrogens is 2. The number of hydrogen-bond donors (Lipinski definition) is 0. The number of hydrogen-bond acceptors (Lipinski definition) is 4. The first-order valence-corrected chi connectivity index (χ1v) is 7.51. The Morgan fingerprint density at radius 2 is 2.19 bits per heavy atom. The van der Waals surface area contributed by atoms with E-state index in [2.05, 4.69) is 28.5 Å². The highest BCUT2D eigenvalue weighted by atomic mass is 16.2. The van der Waals surface area contributed by atoms with Gasteiger partial charge in [0.05, 0.1) is 6.20 Å². The molecule has 2 aliphatic rings. The highest BCUT2D eigenvalue weighted by molar-refractivity contribution is 5.92. The number of carbonyl (C=O) groups is 1. The van der Waals surface area contributed by atoms with Crippen molar-refractivity contribution in [3.63, 3.8) is 0 Å². The molecule has 2 heterocycles. The summed E-state index contributed by atoms with van der Waals surface area (Å²) in [5.41, 5.74) is 0.633. The molecule has 1 aromatic heterocycles. The van der Waals surface area contributed by atoms with Gasteiger partial charge < -0.3 is 9.80 Å². The number of nitrogens with zero attached hydrogens (tertiary/aromatic N) is 4. The van der Waals surface area contributed by atoms with Gasteiger partial charge >= 0.3 is 0 Å². The van der Waals surface area contributed by atoms with Crippen molar-refractivity contribution in [3.05, 3.63) is 30.7 Å². The van der Waals surface area contributed by atoms with Gasteiger partial charge in [-0.05, 0) is 25.7 Å². The van der Waals surface area contributed by atoms with E-state index < -0.39 is 0 Å². The number of fused-ring (bicyclic) bond motifs is 1. The maximum absolute atomic E-state index is 12.1. The van der Waals surface area contributed by atoms with E-state index in [0.717, 1.165) is 25.3 Å². The van der Waals surface area contributed by atoms with Crippen LogP contribution < -0.4 is 4.90 Å². The zero-order valence-electron chi connectivity index (χ0n) is 12.7. The average molecular weight is 286 g/mol. The Morgan fingerprint density at radius 3 is 2.86 bits per heavy atom. The zero-order valence-corrected chi connectivity index (χ0v) is 12.7. The van der Waals surface area contributed by atoms with E-state index in [0.29, 0.717) is 23.5 Å². The molecule has 0 unspecified atom stereocenters. The Balaban J connectivity index is 1.72. The molecule has 0 radical (unpaired) electrons. The third-order valence-electron chi connectivity index (χ3n) is 4.88. The SMILES string of the molecule is C=C(C)C(=O)N1C[C@H]2CC[C@@H](N(C)c3cnccn3)[C@H]2C1. The third-order valence-corrected chi connectivity index (χ3v) is 4.88. The molecule has 1 aliphatic carbocycles. The fourth-order valence-electron chi connectivity index (χ4n) is 3.80. The smallest absolute Gasteiger partial charge is 0.248 e. The fourth-order valence-corrected chi connectivity index (χ4v) is 3.80. The van der Waals surface area contributed by atoms with Gasteiger partial charge in [0.1, 0.15) is 5.82 Å². The second kappa shape index (κ2) is 5.47. The molecule has 0 spiro atoms. The van der Waals surface area contributed by atoms with Gasteiger partial charge in [-0.15, -0.1) is 0 Å². The lowest BCUT2D eigenvalue weighted by Crippen LogP contribution is -2.39. The summed E-state index contributed by atoms with van der Waals surface area (Å²) in [5, 5.41) is 0. The van der Waals surface area contributed by atoms with Crippen LogP contribution in [0.5, 0.6) is 0 Å². The molecule has 0 N–H and O–H groups in total. The second-order valence-corrected chi connectivity index (χ2v) is 6.23. The van der Waals surface area contributed by atoms with E-state index in [-0.39, 0.29) is 5.91 Å². The van der Waals surface area contributed by atoms with E-state index in [9.17, 15) is 4.79 Å². The first-order valence-electron chi connectivity index (χ1n) is 7.51. The van der Waals surface area contributed by atoms with Crippen LogP contribution in [0.25, 0.3) is 0 Å². The molecule has 1 aromatic rings. The largest absolute Gasteiger partial charge is 0.355 e. The minimum absolute atomic E-state index is 0.102. The molecule has 5 nitrogen and oxygen atoms in total. The van der Waals surface area contributed by atoms with Crippen LogP contribution in [0.15, 0.2) is 30.7 Å². The molecule has 3 atom stereocenters. The molecule has 21 heavy (non-hydrogen) atoms. The van der Waals surface area contributed by atoms with Crippen LogP contribution in [0.1, 0.15) is 19.8 Å². The maximum atomic E-state index is 12.1. The van der Waals surface area contributed by atoms with Gasteiger partial charge in [-0.25, -0.2) is 4.98 Å². The molecule has 1 amide bonds. The van der Waals surface area contributed by atoms with Crippen LogP contribution in [0.3, 0.4) is 0 Å². The molecule has 0 aromatic carbocycles. The van der Waals surface area contributed by atoms with Gasteiger partial charge in [-0.1, -0.05) is 6.58 Å². The summed E-state index contributed by atoms with van der Waals surface area (Å²) < 4.78 is 0. The quantitative estimate of drug-likeness (QED) is 0.794. The van der Waals surface area contributed by atoms with Crippen molar-refractivity contribution in [3.8, 4) is 0 Å². The topological polar surface area (TPSA) is 49.3 Å². The van der Waals surface area contributed by atoms with Crippen molar-refractivity contribution < 1.29 is 4.79 Å². The summed E-state index contributed by atoms with van der Waals surface area (Å²) in [6.07, 6.45) is 7.57. The monoisotopic (exact) mass is 286 g/mol. The van der Waals surface area contributed by atoms with Crippen LogP contribution in [0.2, 0.25) is 0 Å². The first kappa shape index (κ1) is 14.0. The minimum Gasteiger partial charge on any atom is -0.355 e. The lowest BCUT2D eigenvalue weighted by atomic mass is 9.97. The lowest BCUT2D eigenvalue weighted by Gasteiger charge is -2.30. The number of likely N-dealkylation sites (tertiary alicyclic amines) is 1. The van der Waals surface area contributed by atoms with Crippen LogP contribution in [-0.4, -0.2) is 47.0 Å². The highest BCUT2D eigenvalue weighted by Crippen LogP contribution is 2.41. The molecule has 5 heteroatoms. The van der Waals surface area contributed by atoms with Crippen molar-refractivity contribution in [2.45, 2.75) is 25.8 Å². The minimum atomic E-state index is 0.102. The van der Waals surface area contributed by atoms with Gasteiger partial charge in [0.15, 0.2) is 0 Å². The third kappa shape index (κ3) is 2.52. The second-order valence-electron chi connectivity index (χ2n) is 6.23. The number of rotatable bonds is 3. The standard InChI is InChI=1S/C16H22N4O/c1-11(2)16(21)20-9-12-4-5-14(13(12)10-20)19(3)15-8-17-6-7-18-15/h6-8,12-14H,1,4-5,9-10H2,2-3H3/t12-,13+,14-/m1/s1. The maximum Gasteiger partial charge on any atom is 0.248 e. The summed E-state index contributed by atoms with van der Waals surface area (Å²) >= 11 is 0. The lowest BCUT2D eigenvalue weighted by molar-refractivity contribution is -0.126. The predicted octanol–water partition coefficient (Wildman–Crippen LogP) is 1.73. The average Bonchev–Trinajstić information content (AvgIpc) is 3.06. The number of carbonyl (C=O) groups excluding carboxylic acids is 1. The molecule has 1 saturated carbocycles. The summed E-state index contributed by atoms with van der Waals surface area (Å²) in [6.45, 7) is 7.28. The van der Waals surface area contributed by atoms with Crippen molar-refractivity contribution in [1.29, 1.82) is 0 Å². The van der Waals surface area contributed by atoms with Gasteiger partial charge in [0, 0.05) is 50.1 Å². The Morgan fingerprint density at radius 1 is 1.38 bits per heavy atom. The van der Waals surface area contributed by atoms with E-state index in [1.54, 1.807) is 25.5 Å². The van der Waals surface area contributed by atoms with Crippen molar-refractivity contribution in [2.24, 2.45) is 11.8 Å².